The summed E-state index contributed by atoms with van der Waals surface area (Å²) in [7, 11) is -0.391. The highest BCUT2D eigenvalue weighted by atomic mass is 16.7. The van der Waals surface area contributed by atoms with E-state index < -0.39 is 7.12 Å². The molecule has 1 aliphatic heterocycles. The fraction of sp³-hybridized carbons (Fsp3) is 0.333. The maximum atomic E-state index is 6.62. The summed E-state index contributed by atoms with van der Waals surface area (Å²) in [5.41, 5.74) is 14.7. The van der Waals surface area contributed by atoms with Gasteiger partial charge in [0, 0.05) is 5.69 Å². The molecule has 6 rings (SSSR count). The number of benzene rings is 4. The van der Waals surface area contributed by atoms with Crippen LogP contribution in [0.3, 0.4) is 0 Å². The van der Waals surface area contributed by atoms with Gasteiger partial charge in [0.2, 0.25) is 0 Å². The molecule has 4 heteroatoms. The Morgan fingerprint density at radius 3 is 1.95 bits per heavy atom. The number of anilines is 1. The van der Waals surface area contributed by atoms with E-state index in [1.807, 2.05) is 0 Å². The molecular weight excluding hydrogens is 489 g/mol. The first-order valence-corrected chi connectivity index (χ1v) is 14.5. The Bertz CT molecular complexity index is 1570. The smallest absolute Gasteiger partial charge is 0.399 e. The SMILES string of the molecule is Cc1cccc2c1C(Nc1ccc(-c3ccccc3)cc1)c1c(C)c(B3OC(C)(C)C(C)(C)O3)c(C)c(C)c1C2. The van der Waals surface area contributed by atoms with Crippen molar-refractivity contribution in [3.05, 3.63) is 117 Å². The molecule has 0 spiro atoms. The Balaban J connectivity index is 1.47. The van der Waals surface area contributed by atoms with E-state index in [2.05, 4.69) is 134 Å². The highest BCUT2D eigenvalue weighted by Crippen LogP contribution is 2.44. The molecule has 3 nitrogen and oxygen atoms in total. The average Bonchev–Trinajstić information content (AvgIpc) is 3.14. The molecule has 0 aromatic heterocycles. The quantitative estimate of drug-likeness (QED) is 0.272. The summed E-state index contributed by atoms with van der Waals surface area (Å²) in [6.07, 6.45) is 0.939. The van der Waals surface area contributed by atoms with E-state index in [9.17, 15) is 0 Å². The summed E-state index contributed by atoms with van der Waals surface area (Å²) in [4.78, 5) is 0. The van der Waals surface area contributed by atoms with Gasteiger partial charge in [-0.05, 0) is 135 Å². The Labute approximate surface area is 240 Å². The fourth-order valence-electron chi connectivity index (χ4n) is 6.56. The fourth-order valence-corrected chi connectivity index (χ4v) is 6.56. The maximum absolute atomic E-state index is 6.62. The highest BCUT2D eigenvalue weighted by Gasteiger charge is 2.53. The molecule has 0 saturated carbocycles. The van der Waals surface area contributed by atoms with Gasteiger partial charge in [-0.2, -0.15) is 0 Å². The van der Waals surface area contributed by atoms with Crippen LogP contribution in [0.1, 0.15) is 78.2 Å². The number of hydrogen-bond donors (Lipinski definition) is 1. The second-order valence-corrected chi connectivity index (χ2v) is 12.6. The van der Waals surface area contributed by atoms with E-state index in [1.54, 1.807) is 0 Å². The first kappa shape index (κ1) is 26.9. The van der Waals surface area contributed by atoms with E-state index in [4.69, 9.17) is 9.31 Å². The molecule has 0 amide bonds. The van der Waals surface area contributed by atoms with Crippen LogP contribution >= 0.6 is 0 Å². The lowest BCUT2D eigenvalue weighted by Crippen LogP contribution is -2.41. The molecule has 204 valence electrons. The summed E-state index contributed by atoms with van der Waals surface area (Å²) < 4.78 is 13.2. The molecule has 0 radical (unpaired) electrons. The van der Waals surface area contributed by atoms with E-state index in [1.165, 1.54) is 61.1 Å². The molecule has 4 aromatic carbocycles. The second kappa shape index (κ2) is 9.64. The van der Waals surface area contributed by atoms with Crippen LogP contribution in [0.15, 0.2) is 72.8 Å². The van der Waals surface area contributed by atoms with Crippen molar-refractivity contribution in [3.8, 4) is 11.1 Å². The normalized spacial score (nSPS) is 18.8. The molecule has 40 heavy (non-hydrogen) atoms. The summed E-state index contributed by atoms with van der Waals surface area (Å²) in [6.45, 7) is 17.5. The van der Waals surface area contributed by atoms with Gasteiger partial charge in [0.25, 0.3) is 0 Å². The molecular formula is C36H40BNO2. The Hall–Kier alpha value is -3.34. The van der Waals surface area contributed by atoms with Crippen LogP contribution in [0, 0.1) is 27.7 Å². The van der Waals surface area contributed by atoms with Gasteiger partial charge in [-0.3, -0.25) is 0 Å². The lowest BCUT2D eigenvalue weighted by Gasteiger charge is -2.36. The largest absolute Gasteiger partial charge is 0.495 e. The van der Waals surface area contributed by atoms with Crippen molar-refractivity contribution in [1.82, 2.24) is 0 Å². The zero-order valence-electron chi connectivity index (χ0n) is 25.1. The molecule has 1 N–H and O–H groups in total. The van der Waals surface area contributed by atoms with Crippen LogP contribution in [0.5, 0.6) is 0 Å². The lowest BCUT2D eigenvalue weighted by molar-refractivity contribution is 0.00578. The standard InChI is InChI=1S/C36H40BNO2/c1-22-13-12-16-28-21-30-23(2)24(3)33(37-39-35(5,6)36(7,8)40-37)25(4)32(30)34(31(22)28)38-29-19-17-27(18-20-29)26-14-10-9-11-15-26/h9-20,34,38H,21H2,1-8H3. The van der Waals surface area contributed by atoms with Gasteiger partial charge in [-0.1, -0.05) is 60.7 Å². The number of hydrogen-bond acceptors (Lipinski definition) is 3. The predicted octanol–water partition coefficient (Wildman–Crippen LogP) is 7.99. The first-order chi connectivity index (χ1) is 19.0. The number of nitrogens with one attached hydrogen (secondary N) is 1. The minimum absolute atomic E-state index is 0.0306. The zero-order valence-corrected chi connectivity index (χ0v) is 25.1. The number of fused-ring (bicyclic) bond motifs is 2. The van der Waals surface area contributed by atoms with Gasteiger partial charge in [-0.15, -0.1) is 0 Å². The summed E-state index contributed by atoms with van der Waals surface area (Å²) in [5, 5.41) is 3.97. The summed E-state index contributed by atoms with van der Waals surface area (Å²) >= 11 is 0. The molecule has 1 fully saturated rings. The molecule has 0 bridgehead atoms. The van der Waals surface area contributed by atoms with E-state index in [-0.39, 0.29) is 17.2 Å². The van der Waals surface area contributed by atoms with Crippen molar-refractivity contribution in [2.45, 2.75) is 79.1 Å². The van der Waals surface area contributed by atoms with E-state index in [0.29, 0.717) is 0 Å². The Morgan fingerprint density at radius 2 is 1.30 bits per heavy atom. The van der Waals surface area contributed by atoms with E-state index >= 15 is 0 Å². The summed E-state index contributed by atoms with van der Waals surface area (Å²) in [5.74, 6) is 0. The Morgan fingerprint density at radius 1 is 0.675 bits per heavy atom. The predicted molar refractivity (Wildman–Crippen MR) is 168 cm³/mol. The van der Waals surface area contributed by atoms with Gasteiger partial charge >= 0.3 is 7.12 Å². The second-order valence-electron chi connectivity index (χ2n) is 12.6. The van der Waals surface area contributed by atoms with Gasteiger partial charge in [-0.25, -0.2) is 0 Å². The number of aryl methyl sites for hydroxylation is 1. The zero-order chi connectivity index (χ0) is 28.4. The number of rotatable bonds is 4. The third-order valence-electron chi connectivity index (χ3n) is 9.70. The highest BCUT2D eigenvalue weighted by molar-refractivity contribution is 6.63. The topological polar surface area (TPSA) is 30.5 Å². The van der Waals surface area contributed by atoms with Gasteiger partial charge in [0.1, 0.15) is 0 Å². The van der Waals surface area contributed by atoms with Crippen molar-refractivity contribution in [1.29, 1.82) is 0 Å². The molecule has 4 aromatic rings. The molecule has 1 aliphatic carbocycles. The summed E-state index contributed by atoms with van der Waals surface area (Å²) in [6, 6.07) is 26.1. The van der Waals surface area contributed by atoms with Crippen LogP contribution in [-0.2, 0) is 15.7 Å². The van der Waals surface area contributed by atoms with Crippen LogP contribution in [-0.4, -0.2) is 18.3 Å². The van der Waals surface area contributed by atoms with Crippen molar-refractivity contribution in [3.63, 3.8) is 0 Å². The Kier molecular flexibility index (Phi) is 6.48. The van der Waals surface area contributed by atoms with Crippen molar-refractivity contribution >= 4 is 18.3 Å². The van der Waals surface area contributed by atoms with Crippen molar-refractivity contribution in [2.24, 2.45) is 0 Å². The van der Waals surface area contributed by atoms with Crippen molar-refractivity contribution in [2.75, 3.05) is 5.32 Å². The van der Waals surface area contributed by atoms with Crippen LogP contribution in [0.25, 0.3) is 11.1 Å². The maximum Gasteiger partial charge on any atom is 0.495 e. The molecule has 1 heterocycles. The minimum Gasteiger partial charge on any atom is -0.399 e. The first-order valence-electron chi connectivity index (χ1n) is 14.5. The molecule has 1 saturated heterocycles. The third kappa shape index (κ3) is 4.29. The lowest BCUT2D eigenvalue weighted by atomic mass is 9.66. The molecule has 1 unspecified atom stereocenters. The third-order valence-corrected chi connectivity index (χ3v) is 9.70. The average molecular weight is 530 g/mol. The van der Waals surface area contributed by atoms with Gasteiger partial charge in [0.05, 0.1) is 17.2 Å². The van der Waals surface area contributed by atoms with Gasteiger partial charge < -0.3 is 14.6 Å². The van der Waals surface area contributed by atoms with Crippen LogP contribution in [0.4, 0.5) is 5.69 Å². The minimum atomic E-state index is -0.391. The van der Waals surface area contributed by atoms with Crippen LogP contribution in [0.2, 0.25) is 0 Å². The van der Waals surface area contributed by atoms with Crippen LogP contribution < -0.4 is 10.8 Å². The van der Waals surface area contributed by atoms with E-state index in [0.717, 1.165) is 12.1 Å². The van der Waals surface area contributed by atoms with Gasteiger partial charge in [0.15, 0.2) is 0 Å². The molecule has 1 atom stereocenters. The van der Waals surface area contributed by atoms with Crippen molar-refractivity contribution < 1.29 is 9.31 Å². The molecule has 2 aliphatic rings. The monoisotopic (exact) mass is 529 g/mol.